The monoisotopic (exact) mass is 370 g/mol. The number of hydrogen-bond acceptors (Lipinski definition) is 6. The van der Waals surface area contributed by atoms with E-state index in [-0.39, 0.29) is 5.91 Å². The summed E-state index contributed by atoms with van der Waals surface area (Å²) < 4.78 is 13.1. The number of hydrogen-bond donors (Lipinski definition) is 2. The van der Waals surface area contributed by atoms with Crippen molar-refractivity contribution in [2.24, 2.45) is 5.92 Å². The molecular weight excluding hydrogens is 347 g/mol. The molecule has 2 aliphatic rings. The van der Waals surface area contributed by atoms with E-state index in [1.54, 1.807) is 7.05 Å². The summed E-state index contributed by atoms with van der Waals surface area (Å²) in [5, 5.41) is 6.06. The molecule has 0 radical (unpaired) electrons. The first kappa shape index (κ1) is 17.6. The van der Waals surface area contributed by atoms with Crippen molar-refractivity contribution >= 4 is 17.7 Å². The summed E-state index contributed by atoms with van der Waals surface area (Å²) in [6, 6.07) is 1.95. The number of carbonyl (C=O) groups is 1. The Bertz CT molecular complexity index is 837. The minimum atomic E-state index is -0.444. The van der Waals surface area contributed by atoms with Crippen LogP contribution in [-0.4, -0.2) is 47.5 Å². The number of nitrogens with zero attached hydrogens (tertiary/aromatic N) is 4. The van der Waals surface area contributed by atoms with Crippen molar-refractivity contribution in [2.75, 3.05) is 36.9 Å². The molecule has 2 aromatic heterocycles. The van der Waals surface area contributed by atoms with E-state index in [2.05, 4.69) is 20.6 Å². The predicted octanol–water partition coefficient (Wildman–Crippen LogP) is 1.80. The number of nitrogens with one attached hydrogen (secondary N) is 2. The third-order valence-corrected chi connectivity index (χ3v) is 5.08. The number of aromatic nitrogens is 3. The Balaban J connectivity index is 1.57. The molecule has 1 saturated carbocycles. The molecule has 1 amide bonds. The normalized spacial score (nSPS) is 16.4. The number of carbonyl (C=O) groups excluding carboxylic acids is 1. The molecule has 0 saturated heterocycles. The lowest BCUT2D eigenvalue weighted by atomic mass is 10.1. The maximum Gasteiger partial charge on any atom is 0.254 e. The number of rotatable bonds is 5. The molecule has 0 bridgehead atoms. The maximum atomic E-state index is 13.1. The molecule has 1 aliphatic carbocycles. The summed E-state index contributed by atoms with van der Waals surface area (Å²) in [6.07, 6.45) is 6.29. The van der Waals surface area contributed by atoms with Gasteiger partial charge in [-0.05, 0) is 36.8 Å². The summed E-state index contributed by atoms with van der Waals surface area (Å²) in [4.78, 5) is 27.3. The molecule has 0 spiro atoms. The molecule has 2 N–H and O–H groups in total. The van der Waals surface area contributed by atoms with Crippen molar-refractivity contribution in [2.45, 2.75) is 25.7 Å². The zero-order valence-electron chi connectivity index (χ0n) is 15.3. The van der Waals surface area contributed by atoms with Crippen LogP contribution in [0.15, 0.2) is 18.5 Å². The van der Waals surface area contributed by atoms with Gasteiger partial charge >= 0.3 is 0 Å². The van der Waals surface area contributed by atoms with Gasteiger partial charge in [0.05, 0.1) is 18.0 Å². The molecule has 3 heterocycles. The molecule has 1 aliphatic heterocycles. The predicted molar refractivity (Wildman–Crippen MR) is 100 cm³/mol. The van der Waals surface area contributed by atoms with E-state index >= 15 is 0 Å². The SMILES string of the molecule is CNC(=O)c1cc2c(nc1NCC1CC1)CCN(c1ncc(F)cn1)CC2. The highest BCUT2D eigenvalue weighted by molar-refractivity contribution is 5.98. The van der Waals surface area contributed by atoms with Crippen LogP contribution in [0.3, 0.4) is 0 Å². The number of amides is 1. The third kappa shape index (κ3) is 3.99. The molecule has 142 valence electrons. The van der Waals surface area contributed by atoms with E-state index < -0.39 is 5.82 Å². The Hall–Kier alpha value is -2.77. The summed E-state index contributed by atoms with van der Waals surface area (Å²) >= 11 is 0. The average Bonchev–Trinajstić information content (AvgIpc) is 3.52. The Labute approximate surface area is 157 Å². The van der Waals surface area contributed by atoms with Gasteiger partial charge in [0.15, 0.2) is 5.82 Å². The number of pyridine rings is 1. The van der Waals surface area contributed by atoms with Gasteiger partial charge in [0.2, 0.25) is 5.95 Å². The standard InChI is InChI=1S/C19H23FN6O/c1-21-18(27)15-8-13-4-6-26(19-23-10-14(20)11-24-19)7-5-16(13)25-17(15)22-9-12-2-3-12/h8,10-12H,2-7,9H2,1H3,(H,21,27)(H,22,25). The van der Waals surface area contributed by atoms with Gasteiger partial charge in [-0.2, -0.15) is 0 Å². The first-order chi connectivity index (χ1) is 13.1. The number of fused-ring (bicyclic) bond motifs is 1. The molecule has 4 rings (SSSR count). The summed E-state index contributed by atoms with van der Waals surface area (Å²) in [5.41, 5.74) is 2.64. The Morgan fingerprint density at radius 1 is 1.26 bits per heavy atom. The fourth-order valence-electron chi connectivity index (χ4n) is 3.31. The largest absolute Gasteiger partial charge is 0.369 e. The highest BCUT2D eigenvalue weighted by Gasteiger charge is 2.24. The van der Waals surface area contributed by atoms with Crippen LogP contribution in [0.5, 0.6) is 0 Å². The molecular formula is C19H23FN6O. The van der Waals surface area contributed by atoms with Gasteiger partial charge in [0, 0.05) is 38.8 Å². The van der Waals surface area contributed by atoms with E-state index in [1.807, 2.05) is 11.0 Å². The first-order valence-electron chi connectivity index (χ1n) is 9.35. The second-order valence-electron chi connectivity index (χ2n) is 7.08. The maximum absolute atomic E-state index is 13.1. The molecule has 0 unspecified atom stereocenters. The van der Waals surface area contributed by atoms with E-state index in [0.717, 1.165) is 30.6 Å². The number of halogens is 1. The fourth-order valence-corrected chi connectivity index (χ4v) is 3.31. The lowest BCUT2D eigenvalue weighted by molar-refractivity contribution is 0.0963. The van der Waals surface area contributed by atoms with Gasteiger partial charge in [-0.15, -0.1) is 0 Å². The highest BCUT2D eigenvalue weighted by Crippen LogP contribution is 2.30. The molecule has 0 aromatic carbocycles. The average molecular weight is 370 g/mol. The summed E-state index contributed by atoms with van der Waals surface area (Å²) in [6.45, 7) is 2.25. The van der Waals surface area contributed by atoms with Gasteiger partial charge in [-0.1, -0.05) is 0 Å². The number of anilines is 2. The van der Waals surface area contributed by atoms with Crippen molar-refractivity contribution in [1.29, 1.82) is 0 Å². The minimum Gasteiger partial charge on any atom is -0.369 e. The highest BCUT2D eigenvalue weighted by atomic mass is 19.1. The lowest BCUT2D eigenvalue weighted by Crippen LogP contribution is -2.27. The Morgan fingerprint density at radius 3 is 2.70 bits per heavy atom. The van der Waals surface area contributed by atoms with Crippen LogP contribution in [0.2, 0.25) is 0 Å². The van der Waals surface area contributed by atoms with Gasteiger partial charge in [0.1, 0.15) is 5.82 Å². The van der Waals surface area contributed by atoms with Crippen molar-refractivity contribution < 1.29 is 9.18 Å². The van der Waals surface area contributed by atoms with Crippen molar-refractivity contribution in [1.82, 2.24) is 20.3 Å². The molecule has 8 heteroatoms. The van der Waals surface area contributed by atoms with Crippen LogP contribution in [0, 0.1) is 11.7 Å². The smallest absolute Gasteiger partial charge is 0.254 e. The second-order valence-corrected chi connectivity index (χ2v) is 7.08. The van der Waals surface area contributed by atoms with Crippen LogP contribution < -0.4 is 15.5 Å². The van der Waals surface area contributed by atoms with E-state index in [0.29, 0.717) is 36.3 Å². The molecule has 2 aromatic rings. The Kier molecular flexibility index (Phi) is 4.87. The van der Waals surface area contributed by atoms with E-state index in [4.69, 9.17) is 4.98 Å². The van der Waals surface area contributed by atoms with Gasteiger partial charge < -0.3 is 15.5 Å². The lowest BCUT2D eigenvalue weighted by Gasteiger charge is -2.19. The van der Waals surface area contributed by atoms with Gasteiger partial charge in [-0.3, -0.25) is 4.79 Å². The quantitative estimate of drug-likeness (QED) is 0.835. The summed E-state index contributed by atoms with van der Waals surface area (Å²) in [7, 11) is 1.63. The Morgan fingerprint density at radius 2 is 2.00 bits per heavy atom. The van der Waals surface area contributed by atoms with Crippen molar-refractivity contribution in [3.05, 3.63) is 41.1 Å². The van der Waals surface area contributed by atoms with Gasteiger partial charge in [-0.25, -0.2) is 19.3 Å². The van der Waals surface area contributed by atoms with Gasteiger partial charge in [0.25, 0.3) is 5.91 Å². The zero-order chi connectivity index (χ0) is 18.8. The first-order valence-corrected chi connectivity index (χ1v) is 9.35. The van der Waals surface area contributed by atoms with E-state index in [1.165, 1.54) is 25.2 Å². The second kappa shape index (κ2) is 7.46. The third-order valence-electron chi connectivity index (χ3n) is 5.08. The molecule has 27 heavy (non-hydrogen) atoms. The van der Waals surface area contributed by atoms with E-state index in [9.17, 15) is 9.18 Å². The van der Waals surface area contributed by atoms with Crippen LogP contribution in [-0.2, 0) is 12.8 Å². The minimum absolute atomic E-state index is 0.133. The van der Waals surface area contributed by atoms with Crippen LogP contribution >= 0.6 is 0 Å². The molecule has 1 fully saturated rings. The topological polar surface area (TPSA) is 83.0 Å². The fraction of sp³-hybridized carbons (Fsp3) is 0.474. The molecule has 7 nitrogen and oxygen atoms in total. The van der Waals surface area contributed by atoms with Crippen molar-refractivity contribution in [3.63, 3.8) is 0 Å². The van der Waals surface area contributed by atoms with Crippen LogP contribution in [0.4, 0.5) is 16.2 Å². The van der Waals surface area contributed by atoms with Crippen molar-refractivity contribution in [3.8, 4) is 0 Å². The summed E-state index contributed by atoms with van der Waals surface area (Å²) in [5.74, 6) is 1.29. The van der Waals surface area contributed by atoms with Crippen LogP contribution in [0.25, 0.3) is 0 Å². The molecule has 0 atom stereocenters. The van der Waals surface area contributed by atoms with Crippen LogP contribution in [0.1, 0.15) is 34.5 Å². The zero-order valence-corrected chi connectivity index (χ0v) is 15.3.